The Kier molecular flexibility index (Phi) is 4.98. The van der Waals surface area contributed by atoms with Gasteiger partial charge in [-0.05, 0) is 78.4 Å². The zero-order chi connectivity index (χ0) is 22.4. The highest BCUT2D eigenvalue weighted by Crippen LogP contribution is 2.49. The van der Waals surface area contributed by atoms with Crippen molar-refractivity contribution in [2.45, 2.75) is 18.8 Å². The number of carboxylic acids is 1. The quantitative estimate of drug-likeness (QED) is 0.479. The summed E-state index contributed by atoms with van der Waals surface area (Å²) in [5.74, 6) is -0.173. The lowest BCUT2D eigenvalue weighted by molar-refractivity contribution is -0.112. The molecule has 1 saturated carbocycles. The number of carboxylic acid groups (broad SMARTS) is 1. The van der Waals surface area contributed by atoms with Crippen molar-refractivity contribution in [1.29, 1.82) is 0 Å². The van der Waals surface area contributed by atoms with Crippen LogP contribution in [0.1, 0.15) is 45.8 Å². The van der Waals surface area contributed by atoms with Crippen LogP contribution in [0, 0.1) is 0 Å². The Morgan fingerprint density at radius 1 is 1.09 bits per heavy atom. The number of ether oxygens (including phenoxy) is 1. The van der Waals surface area contributed by atoms with Crippen LogP contribution in [-0.4, -0.2) is 24.1 Å². The average Bonchev–Trinajstić information content (AvgIpc) is 3.60. The summed E-state index contributed by atoms with van der Waals surface area (Å²) in [6, 6.07) is 17.6. The van der Waals surface area contributed by atoms with Crippen LogP contribution in [0.5, 0.6) is 5.75 Å². The van der Waals surface area contributed by atoms with E-state index in [1.807, 2.05) is 36.4 Å². The molecule has 1 aliphatic heterocycles. The summed E-state index contributed by atoms with van der Waals surface area (Å²) in [4.78, 5) is 26.5. The molecule has 1 N–H and O–H groups in total. The standard InChI is InChI=1S/C26H20ClNO4/c1-32-23-7-3-6-22-24(23)20(14-19-18(15-8-9-15)4-2-5-21(19)27)25(29)28(22)17-12-10-16(11-13-17)26(30)31/h2-7,10-15H,8-9H2,1H3,(H,30,31)/b20-14-. The Morgan fingerprint density at radius 3 is 2.47 bits per heavy atom. The molecule has 0 unspecified atom stereocenters. The first-order valence-electron chi connectivity index (χ1n) is 10.3. The summed E-state index contributed by atoms with van der Waals surface area (Å²) >= 11 is 6.57. The number of halogens is 1. The van der Waals surface area contributed by atoms with Crippen molar-refractivity contribution in [2.75, 3.05) is 12.0 Å². The molecule has 0 saturated heterocycles. The summed E-state index contributed by atoms with van der Waals surface area (Å²) in [5, 5.41) is 9.82. The van der Waals surface area contributed by atoms with Gasteiger partial charge in [0.15, 0.2) is 0 Å². The van der Waals surface area contributed by atoms with Crippen LogP contribution in [0.4, 0.5) is 11.4 Å². The maximum atomic E-state index is 13.7. The van der Waals surface area contributed by atoms with Gasteiger partial charge in [0.25, 0.3) is 5.91 Å². The molecule has 3 aromatic carbocycles. The minimum absolute atomic E-state index is 0.159. The van der Waals surface area contributed by atoms with Gasteiger partial charge >= 0.3 is 5.97 Å². The predicted molar refractivity (Wildman–Crippen MR) is 125 cm³/mol. The van der Waals surface area contributed by atoms with E-state index in [1.165, 1.54) is 12.1 Å². The van der Waals surface area contributed by atoms with E-state index in [0.717, 1.165) is 24.0 Å². The van der Waals surface area contributed by atoms with Gasteiger partial charge in [0.05, 0.1) is 29.5 Å². The SMILES string of the molecule is COc1cccc2c1/C(=C/c1c(Cl)cccc1C1CC1)C(=O)N2c1ccc(C(=O)O)cc1. The molecular weight excluding hydrogens is 426 g/mol. The predicted octanol–water partition coefficient (Wildman–Crippen LogP) is 6.14. The number of hydrogen-bond donors (Lipinski definition) is 1. The van der Waals surface area contributed by atoms with E-state index in [-0.39, 0.29) is 11.5 Å². The van der Waals surface area contributed by atoms with Crippen LogP contribution >= 0.6 is 11.6 Å². The molecule has 5 rings (SSSR count). The molecule has 5 nitrogen and oxygen atoms in total. The number of aromatic carboxylic acids is 1. The molecule has 160 valence electrons. The molecule has 2 aliphatic rings. The van der Waals surface area contributed by atoms with Gasteiger partial charge in [-0.1, -0.05) is 29.8 Å². The number of anilines is 2. The van der Waals surface area contributed by atoms with Crippen molar-refractivity contribution in [1.82, 2.24) is 0 Å². The summed E-state index contributed by atoms with van der Waals surface area (Å²) in [5.41, 5.74) is 4.63. The van der Waals surface area contributed by atoms with E-state index >= 15 is 0 Å². The van der Waals surface area contributed by atoms with E-state index in [0.29, 0.717) is 39.2 Å². The van der Waals surface area contributed by atoms with Crippen LogP contribution in [0.15, 0.2) is 60.7 Å². The normalized spacial score (nSPS) is 16.4. The van der Waals surface area contributed by atoms with Gasteiger partial charge in [-0.15, -0.1) is 0 Å². The monoisotopic (exact) mass is 445 g/mol. The minimum atomic E-state index is -1.02. The molecule has 32 heavy (non-hydrogen) atoms. The first-order chi connectivity index (χ1) is 15.5. The maximum Gasteiger partial charge on any atom is 0.335 e. The molecule has 0 radical (unpaired) electrons. The van der Waals surface area contributed by atoms with Crippen LogP contribution in [0.3, 0.4) is 0 Å². The lowest BCUT2D eigenvalue weighted by Crippen LogP contribution is -2.20. The zero-order valence-corrected chi connectivity index (χ0v) is 18.1. The zero-order valence-electron chi connectivity index (χ0n) is 17.3. The Bertz CT molecular complexity index is 1280. The number of carbonyl (C=O) groups excluding carboxylic acids is 1. The minimum Gasteiger partial charge on any atom is -0.496 e. The topological polar surface area (TPSA) is 66.8 Å². The Balaban J connectivity index is 1.68. The lowest BCUT2D eigenvalue weighted by atomic mass is 9.98. The second-order valence-electron chi connectivity index (χ2n) is 7.92. The average molecular weight is 446 g/mol. The van der Waals surface area contributed by atoms with Gasteiger partial charge in [-0.3, -0.25) is 9.69 Å². The Hall–Kier alpha value is -3.57. The number of nitrogens with zero attached hydrogens (tertiary/aromatic N) is 1. The number of benzene rings is 3. The fourth-order valence-corrected chi connectivity index (χ4v) is 4.46. The molecular formula is C26H20ClNO4. The molecule has 1 aliphatic carbocycles. The number of methoxy groups -OCH3 is 1. The molecule has 3 aromatic rings. The first kappa shape index (κ1) is 20.3. The summed E-state index contributed by atoms with van der Waals surface area (Å²) in [6.45, 7) is 0. The van der Waals surface area contributed by atoms with Crippen LogP contribution < -0.4 is 9.64 Å². The fourth-order valence-electron chi connectivity index (χ4n) is 4.23. The Labute approximate surface area is 190 Å². The number of amides is 1. The first-order valence-corrected chi connectivity index (χ1v) is 10.7. The molecule has 1 fully saturated rings. The van der Waals surface area contributed by atoms with Gasteiger partial charge in [-0.2, -0.15) is 0 Å². The van der Waals surface area contributed by atoms with Gasteiger partial charge in [0.2, 0.25) is 0 Å². The third kappa shape index (κ3) is 3.35. The van der Waals surface area contributed by atoms with Crippen molar-refractivity contribution in [3.8, 4) is 5.75 Å². The molecule has 0 bridgehead atoms. The number of rotatable bonds is 5. The maximum absolute atomic E-state index is 13.7. The van der Waals surface area contributed by atoms with Gasteiger partial charge in [0, 0.05) is 10.7 Å². The van der Waals surface area contributed by atoms with Crippen molar-refractivity contribution in [2.24, 2.45) is 0 Å². The number of hydrogen-bond acceptors (Lipinski definition) is 3. The van der Waals surface area contributed by atoms with Crippen molar-refractivity contribution in [3.05, 3.63) is 87.9 Å². The van der Waals surface area contributed by atoms with Crippen molar-refractivity contribution < 1.29 is 19.4 Å². The van der Waals surface area contributed by atoms with Gasteiger partial charge in [-0.25, -0.2) is 4.79 Å². The van der Waals surface area contributed by atoms with Crippen molar-refractivity contribution in [3.63, 3.8) is 0 Å². The smallest absolute Gasteiger partial charge is 0.335 e. The van der Waals surface area contributed by atoms with Crippen LogP contribution in [0.25, 0.3) is 11.6 Å². The number of carbonyl (C=O) groups is 2. The van der Waals surface area contributed by atoms with E-state index in [2.05, 4.69) is 6.07 Å². The van der Waals surface area contributed by atoms with Gasteiger partial charge in [0.1, 0.15) is 5.75 Å². The molecule has 6 heteroatoms. The Morgan fingerprint density at radius 2 is 1.81 bits per heavy atom. The second-order valence-corrected chi connectivity index (χ2v) is 8.33. The highest BCUT2D eigenvalue weighted by molar-refractivity contribution is 6.40. The van der Waals surface area contributed by atoms with Crippen LogP contribution in [-0.2, 0) is 4.79 Å². The molecule has 0 spiro atoms. The third-order valence-electron chi connectivity index (χ3n) is 5.93. The number of fused-ring (bicyclic) bond motifs is 1. The van der Waals surface area contributed by atoms with E-state index in [9.17, 15) is 14.7 Å². The summed E-state index contributed by atoms with van der Waals surface area (Å²) in [6.07, 6.45) is 4.10. The van der Waals surface area contributed by atoms with Crippen LogP contribution in [0.2, 0.25) is 5.02 Å². The molecule has 1 amide bonds. The van der Waals surface area contributed by atoms with Crippen molar-refractivity contribution >= 4 is 46.5 Å². The second kappa shape index (κ2) is 7.84. The summed E-state index contributed by atoms with van der Waals surface area (Å²) in [7, 11) is 1.58. The lowest BCUT2D eigenvalue weighted by Gasteiger charge is -2.17. The highest BCUT2D eigenvalue weighted by atomic mass is 35.5. The molecule has 0 atom stereocenters. The van der Waals surface area contributed by atoms with E-state index < -0.39 is 5.97 Å². The fraction of sp³-hybridized carbons (Fsp3) is 0.154. The third-order valence-corrected chi connectivity index (χ3v) is 6.26. The molecule has 1 heterocycles. The highest BCUT2D eigenvalue weighted by Gasteiger charge is 2.37. The van der Waals surface area contributed by atoms with E-state index in [1.54, 1.807) is 24.1 Å². The van der Waals surface area contributed by atoms with E-state index in [4.69, 9.17) is 16.3 Å². The summed E-state index contributed by atoms with van der Waals surface area (Å²) < 4.78 is 5.60. The van der Waals surface area contributed by atoms with Gasteiger partial charge < -0.3 is 9.84 Å². The molecule has 0 aromatic heterocycles. The largest absolute Gasteiger partial charge is 0.496 e.